The van der Waals surface area contributed by atoms with Gasteiger partial charge in [0.05, 0.1) is 6.07 Å². The highest BCUT2D eigenvalue weighted by Gasteiger charge is 1.96. The average Bonchev–Trinajstić information content (AvgIpc) is 1.68. The highest BCUT2D eigenvalue weighted by Crippen LogP contribution is 1.84. The van der Waals surface area contributed by atoms with E-state index in [2.05, 4.69) is 4.74 Å². The minimum atomic E-state index is -0.505. The standard InChI is InChI=1S/C5H6NO2/c1-2-8-5(7)3-4-6/h2H,3H2,1H3. The van der Waals surface area contributed by atoms with Gasteiger partial charge in [0, 0.05) is 0 Å². The molecule has 0 saturated carbocycles. The summed E-state index contributed by atoms with van der Waals surface area (Å²) in [6, 6.07) is 1.66. The molecule has 0 saturated heterocycles. The van der Waals surface area contributed by atoms with Crippen molar-refractivity contribution in [2.75, 3.05) is 0 Å². The topological polar surface area (TPSA) is 50.1 Å². The lowest BCUT2D eigenvalue weighted by atomic mass is 10.5. The molecule has 0 aromatic carbocycles. The highest BCUT2D eigenvalue weighted by atomic mass is 16.5. The number of carbonyl (C=O) groups is 1. The van der Waals surface area contributed by atoms with E-state index in [1.165, 1.54) is 6.61 Å². The Hall–Kier alpha value is -1.04. The van der Waals surface area contributed by atoms with Gasteiger partial charge in [-0.3, -0.25) is 4.79 Å². The molecule has 0 heterocycles. The van der Waals surface area contributed by atoms with Crippen LogP contribution in [0.3, 0.4) is 0 Å². The van der Waals surface area contributed by atoms with E-state index in [-0.39, 0.29) is 6.42 Å². The van der Waals surface area contributed by atoms with Crippen molar-refractivity contribution in [3.05, 3.63) is 6.61 Å². The van der Waals surface area contributed by atoms with E-state index in [9.17, 15) is 4.79 Å². The van der Waals surface area contributed by atoms with Crippen LogP contribution in [-0.2, 0) is 9.53 Å². The van der Waals surface area contributed by atoms with Gasteiger partial charge in [0.25, 0.3) is 0 Å². The molecule has 0 amide bonds. The van der Waals surface area contributed by atoms with E-state index in [0.29, 0.717) is 0 Å². The fraction of sp³-hybridized carbons (Fsp3) is 0.400. The van der Waals surface area contributed by atoms with Gasteiger partial charge in [0.2, 0.25) is 0 Å². The molecule has 43 valence electrons. The molecule has 0 aliphatic heterocycles. The first-order valence-corrected chi connectivity index (χ1v) is 2.15. The lowest BCUT2D eigenvalue weighted by molar-refractivity contribution is -0.138. The second-order valence-corrected chi connectivity index (χ2v) is 1.06. The number of hydrogen-bond acceptors (Lipinski definition) is 3. The molecule has 0 aromatic heterocycles. The Morgan fingerprint density at radius 1 is 2.00 bits per heavy atom. The van der Waals surface area contributed by atoms with E-state index in [0.717, 1.165) is 0 Å². The van der Waals surface area contributed by atoms with Crippen molar-refractivity contribution in [3.8, 4) is 6.07 Å². The van der Waals surface area contributed by atoms with Gasteiger partial charge in [0.1, 0.15) is 13.0 Å². The van der Waals surface area contributed by atoms with Crippen LogP contribution in [0.25, 0.3) is 0 Å². The van der Waals surface area contributed by atoms with Gasteiger partial charge in [0.15, 0.2) is 0 Å². The van der Waals surface area contributed by atoms with E-state index in [4.69, 9.17) is 5.26 Å². The molecular formula is C5H6NO2. The number of hydrogen-bond donors (Lipinski definition) is 0. The summed E-state index contributed by atoms with van der Waals surface area (Å²) in [6.45, 7) is 2.83. The summed E-state index contributed by atoms with van der Waals surface area (Å²) in [4.78, 5) is 10.2. The van der Waals surface area contributed by atoms with E-state index in [1.807, 2.05) is 0 Å². The van der Waals surface area contributed by atoms with E-state index in [1.54, 1.807) is 13.0 Å². The quantitative estimate of drug-likeness (QED) is 0.492. The maximum atomic E-state index is 10.2. The first-order valence-electron chi connectivity index (χ1n) is 2.15. The normalized spacial score (nSPS) is 7.50. The molecular weight excluding hydrogens is 106 g/mol. The van der Waals surface area contributed by atoms with Crippen molar-refractivity contribution in [2.45, 2.75) is 13.3 Å². The molecule has 0 spiro atoms. The van der Waals surface area contributed by atoms with Crippen LogP contribution >= 0.6 is 0 Å². The monoisotopic (exact) mass is 112 g/mol. The molecule has 1 radical (unpaired) electrons. The Morgan fingerprint density at radius 2 is 2.62 bits per heavy atom. The van der Waals surface area contributed by atoms with Gasteiger partial charge in [-0.2, -0.15) is 5.26 Å². The van der Waals surface area contributed by atoms with Crippen molar-refractivity contribution >= 4 is 5.97 Å². The maximum absolute atomic E-state index is 10.2. The van der Waals surface area contributed by atoms with Crippen LogP contribution in [0, 0.1) is 17.9 Å². The van der Waals surface area contributed by atoms with Crippen molar-refractivity contribution in [1.29, 1.82) is 5.26 Å². The van der Waals surface area contributed by atoms with Crippen LogP contribution in [-0.4, -0.2) is 5.97 Å². The second-order valence-electron chi connectivity index (χ2n) is 1.06. The lowest BCUT2D eigenvalue weighted by Crippen LogP contribution is -1.97. The molecule has 0 fully saturated rings. The summed E-state index contributed by atoms with van der Waals surface area (Å²) in [7, 11) is 0. The lowest BCUT2D eigenvalue weighted by Gasteiger charge is -1.91. The average molecular weight is 112 g/mol. The maximum Gasteiger partial charge on any atom is 0.320 e. The Labute approximate surface area is 47.9 Å². The third-order valence-corrected chi connectivity index (χ3v) is 0.473. The van der Waals surface area contributed by atoms with Crippen LogP contribution in [0.5, 0.6) is 0 Å². The molecule has 3 nitrogen and oxygen atoms in total. The molecule has 0 unspecified atom stereocenters. The van der Waals surface area contributed by atoms with Crippen LogP contribution in [0.15, 0.2) is 0 Å². The Kier molecular flexibility index (Phi) is 3.59. The first kappa shape index (κ1) is 6.96. The summed E-state index contributed by atoms with van der Waals surface area (Å²) in [5, 5.41) is 7.90. The molecule has 0 rings (SSSR count). The Balaban J connectivity index is 3.23. The highest BCUT2D eigenvalue weighted by molar-refractivity contribution is 5.72. The molecule has 0 N–H and O–H groups in total. The summed E-state index contributed by atoms with van der Waals surface area (Å²) in [5.74, 6) is -0.505. The summed E-state index contributed by atoms with van der Waals surface area (Å²) >= 11 is 0. The number of nitriles is 1. The van der Waals surface area contributed by atoms with E-state index < -0.39 is 5.97 Å². The van der Waals surface area contributed by atoms with Crippen molar-refractivity contribution in [3.63, 3.8) is 0 Å². The minimum absolute atomic E-state index is 0.176. The number of rotatable bonds is 2. The van der Waals surface area contributed by atoms with Gasteiger partial charge in [-0.25, -0.2) is 0 Å². The van der Waals surface area contributed by atoms with Gasteiger partial charge in [-0.05, 0) is 6.92 Å². The largest absolute Gasteiger partial charge is 0.458 e. The predicted molar refractivity (Wildman–Crippen MR) is 26.3 cm³/mol. The molecule has 0 aliphatic rings. The fourth-order valence-corrected chi connectivity index (χ4v) is 0.238. The fourth-order valence-electron chi connectivity index (χ4n) is 0.238. The zero-order valence-electron chi connectivity index (χ0n) is 4.55. The van der Waals surface area contributed by atoms with Gasteiger partial charge >= 0.3 is 5.97 Å². The first-order chi connectivity index (χ1) is 3.81. The molecule has 0 aromatic rings. The zero-order valence-corrected chi connectivity index (χ0v) is 4.55. The number of esters is 1. The molecule has 8 heavy (non-hydrogen) atoms. The Bertz CT molecular complexity index is 114. The minimum Gasteiger partial charge on any atom is -0.458 e. The van der Waals surface area contributed by atoms with Crippen LogP contribution in [0.4, 0.5) is 0 Å². The van der Waals surface area contributed by atoms with Crippen LogP contribution in [0.1, 0.15) is 13.3 Å². The van der Waals surface area contributed by atoms with Crippen molar-refractivity contribution in [2.24, 2.45) is 0 Å². The number of ether oxygens (including phenoxy) is 1. The SMILES string of the molecule is C[CH]OC(=O)CC#N. The number of nitrogens with zero attached hydrogens (tertiary/aromatic N) is 1. The smallest absolute Gasteiger partial charge is 0.320 e. The van der Waals surface area contributed by atoms with Crippen molar-refractivity contribution < 1.29 is 9.53 Å². The molecule has 0 atom stereocenters. The Morgan fingerprint density at radius 3 is 3.00 bits per heavy atom. The van der Waals surface area contributed by atoms with Gasteiger partial charge < -0.3 is 4.74 Å². The van der Waals surface area contributed by atoms with Crippen molar-refractivity contribution in [1.82, 2.24) is 0 Å². The third-order valence-electron chi connectivity index (χ3n) is 0.473. The van der Waals surface area contributed by atoms with E-state index >= 15 is 0 Å². The molecule has 0 bridgehead atoms. The summed E-state index contributed by atoms with van der Waals surface area (Å²) in [6.07, 6.45) is -0.176. The van der Waals surface area contributed by atoms with Crippen LogP contribution < -0.4 is 0 Å². The predicted octanol–water partition coefficient (Wildman–Crippen LogP) is 0.625. The second kappa shape index (κ2) is 4.13. The van der Waals surface area contributed by atoms with Gasteiger partial charge in [-0.1, -0.05) is 0 Å². The number of carbonyl (C=O) groups excluding carboxylic acids is 1. The molecule has 3 heteroatoms. The summed E-state index contributed by atoms with van der Waals surface area (Å²) in [5.41, 5.74) is 0. The summed E-state index contributed by atoms with van der Waals surface area (Å²) < 4.78 is 4.30. The zero-order chi connectivity index (χ0) is 6.41. The molecule has 0 aliphatic carbocycles. The third kappa shape index (κ3) is 3.16. The van der Waals surface area contributed by atoms with Gasteiger partial charge in [-0.15, -0.1) is 0 Å². The van der Waals surface area contributed by atoms with Crippen LogP contribution in [0.2, 0.25) is 0 Å².